The number of carbonyl (C=O) groups excluding carboxylic acids is 2. The Balaban J connectivity index is 1.61. The van der Waals surface area contributed by atoms with Crippen molar-refractivity contribution in [3.8, 4) is 5.75 Å². The van der Waals surface area contributed by atoms with E-state index in [2.05, 4.69) is 0 Å². The lowest BCUT2D eigenvalue weighted by molar-refractivity contribution is -0.132. The number of para-hydroxylation sites is 2. The van der Waals surface area contributed by atoms with Gasteiger partial charge in [-0.2, -0.15) is 0 Å². The summed E-state index contributed by atoms with van der Waals surface area (Å²) in [6, 6.07) is 21.6. The Bertz CT molecular complexity index is 1500. The molecule has 1 fully saturated rings. The van der Waals surface area contributed by atoms with Crippen molar-refractivity contribution >= 4 is 34.0 Å². The lowest BCUT2D eigenvalue weighted by atomic mass is 9.94. The number of carbonyl (C=O) groups is 2. The zero-order valence-corrected chi connectivity index (χ0v) is 18.6. The number of Topliss-reactive ketones (excluding diaryl/α,β-unsaturated/α-hetero) is 1. The Kier molecular flexibility index (Phi) is 4.55. The van der Waals surface area contributed by atoms with Gasteiger partial charge in [-0.3, -0.25) is 14.5 Å². The zero-order chi connectivity index (χ0) is 23.4. The van der Waals surface area contributed by atoms with Crippen LogP contribution in [0.15, 0.2) is 84.6 Å². The minimum absolute atomic E-state index is 0.0871. The van der Waals surface area contributed by atoms with Crippen LogP contribution in [-0.2, 0) is 23.1 Å². The van der Waals surface area contributed by atoms with Crippen LogP contribution in [0.5, 0.6) is 5.75 Å². The molecule has 3 aromatic carbocycles. The van der Waals surface area contributed by atoms with Crippen molar-refractivity contribution in [2.45, 2.75) is 12.5 Å². The van der Waals surface area contributed by atoms with Gasteiger partial charge in [0.1, 0.15) is 11.5 Å². The van der Waals surface area contributed by atoms with Crippen LogP contribution in [0, 0.1) is 0 Å². The van der Waals surface area contributed by atoms with Gasteiger partial charge in [0.05, 0.1) is 18.2 Å². The topological polar surface area (TPSA) is 71.8 Å². The summed E-state index contributed by atoms with van der Waals surface area (Å²) in [7, 11) is 1.93. The molecule has 6 heteroatoms. The summed E-state index contributed by atoms with van der Waals surface area (Å²) >= 11 is 0. The fourth-order valence-corrected chi connectivity index (χ4v) is 5.06. The van der Waals surface area contributed by atoms with Gasteiger partial charge < -0.3 is 14.4 Å². The van der Waals surface area contributed by atoms with Gasteiger partial charge in [0.25, 0.3) is 11.7 Å². The minimum Gasteiger partial charge on any atom is -0.507 e. The quantitative estimate of drug-likeness (QED) is 0.278. The largest absolute Gasteiger partial charge is 0.507 e. The standard InChI is InChI=1S/C28H22N2O4/c1-29-16-21(20-9-5-6-10-22(20)29)25-24(26(31)18-11-12-23-17(15-18)13-14-34-23)27(32)28(33)30(25)19-7-3-2-4-8-19/h2-12,15-16,25,31H,13-14H2,1H3/b26-24+. The van der Waals surface area contributed by atoms with Crippen LogP contribution < -0.4 is 9.64 Å². The maximum absolute atomic E-state index is 13.4. The molecule has 1 aromatic heterocycles. The summed E-state index contributed by atoms with van der Waals surface area (Å²) in [4.78, 5) is 28.3. The molecule has 0 bridgehead atoms. The zero-order valence-electron chi connectivity index (χ0n) is 18.6. The third kappa shape index (κ3) is 2.95. The molecule has 2 aliphatic rings. The molecule has 0 aliphatic carbocycles. The van der Waals surface area contributed by atoms with Crippen LogP contribution in [0.4, 0.5) is 5.69 Å². The Morgan fingerprint density at radius 2 is 1.76 bits per heavy atom. The number of aryl methyl sites for hydroxylation is 1. The second kappa shape index (κ2) is 7.63. The lowest BCUT2D eigenvalue weighted by Crippen LogP contribution is -2.29. The first-order valence-corrected chi connectivity index (χ1v) is 11.2. The fraction of sp³-hybridized carbons (Fsp3) is 0.143. The monoisotopic (exact) mass is 450 g/mol. The molecule has 2 aliphatic heterocycles. The van der Waals surface area contributed by atoms with E-state index in [1.165, 1.54) is 4.90 Å². The molecule has 34 heavy (non-hydrogen) atoms. The van der Waals surface area contributed by atoms with Gasteiger partial charge in [-0.15, -0.1) is 0 Å². The van der Waals surface area contributed by atoms with Gasteiger partial charge in [0, 0.05) is 47.4 Å². The second-order valence-electron chi connectivity index (χ2n) is 8.64. The van der Waals surface area contributed by atoms with E-state index >= 15 is 0 Å². The number of hydrogen-bond donors (Lipinski definition) is 1. The van der Waals surface area contributed by atoms with Gasteiger partial charge in [0.2, 0.25) is 0 Å². The molecular weight excluding hydrogens is 428 g/mol. The Hall–Kier alpha value is -4.32. The van der Waals surface area contributed by atoms with Crippen LogP contribution in [0.25, 0.3) is 16.7 Å². The predicted octanol–water partition coefficient (Wildman–Crippen LogP) is 4.74. The van der Waals surface area contributed by atoms with Crippen molar-refractivity contribution in [2.75, 3.05) is 11.5 Å². The second-order valence-corrected chi connectivity index (χ2v) is 8.64. The number of aliphatic hydroxyl groups excluding tert-OH is 1. The maximum Gasteiger partial charge on any atom is 0.300 e. The van der Waals surface area contributed by atoms with E-state index in [1.807, 2.05) is 66.3 Å². The number of rotatable bonds is 3. The number of benzene rings is 3. The third-order valence-corrected chi connectivity index (χ3v) is 6.66. The highest BCUT2D eigenvalue weighted by atomic mass is 16.5. The Morgan fingerprint density at radius 1 is 1.00 bits per heavy atom. The Morgan fingerprint density at radius 3 is 2.59 bits per heavy atom. The summed E-state index contributed by atoms with van der Waals surface area (Å²) in [5, 5.41) is 12.4. The molecule has 6 nitrogen and oxygen atoms in total. The first kappa shape index (κ1) is 20.3. The molecule has 0 spiro atoms. The molecule has 0 saturated carbocycles. The molecular formula is C28H22N2O4. The van der Waals surface area contributed by atoms with E-state index in [0.717, 1.165) is 34.2 Å². The molecule has 1 N–H and O–H groups in total. The smallest absolute Gasteiger partial charge is 0.300 e. The van der Waals surface area contributed by atoms with Gasteiger partial charge in [-0.25, -0.2) is 0 Å². The molecule has 4 aromatic rings. The summed E-state index contributed by atoms with van der Waals surface area (Å²) < 4.78 is 7.56. The highest BCUT2D eigenvalue weighted by Gasteiger charge is 2.47. The number of aliphatic hydroxyl groups is 1. The number of nitrogens with zero attached hydrogens (tertiary/aromatic N) is 2. The van der Waals surface area contributed by atoms with E-state index in [9.17, 15) is 14.7 Å². The first-order valence-electron chi connectivity index (χ1n) is 11.2. The normalized spacial score (nSPS) is 19.0. The van der Waals surface area contributed by atoms with Crippen LogP contribution in [-0.4, -0.2) is 28.0 Å². The number of ketones is 1. The first-order chi connectivity index (χ1) is 16.5. The summed E-state index contributed by atoms with van der Waals surface area (Å²) in [5.41, 5.74) is 3.93. The third-order valence-electron chi connectivity index (χ3n) is 6.66. The van der Waals surface area contributed by atoms with E-state index in [-0.39, 0.29) is 11.3 Å². The number of anilines is 1. The van der Waals surface area contributed by atoms with E-state index in [4.69, 9.17) is 4.74 Å². The number of amides is 1. The summed E-state index contributed by atoms with van der Waals surface area (Å²) in [5.74, 6) is -0.748. The molecule has 1 unspecified atom stereocenters. The van der Waals surface area contributed by atoms with Crippen molar-refractivity contribution in [3.05, 3.63) is 101 Å². The van der Waals surface area contributed by atoms with Crippen molar-refractivity contribution in [1.29, 1.82) is 0 Å². The molecule has 1 saturated heterocycles. The maximum atomic E-state index is 13.4. The average molecular weight is 450 g/mol. The van der Waals surface area contributed by atoms with E-state index in [0.29, 0.717) is 17.9 Å². The number of fused-ring (bicyclic) bond motifs is 2. The molecule has 1 atom stereocenters. The van der Waals surface area contributed by atoms with Gasteiger partial charge in [0.15, 0.2) is 0 Å². The molecule has 0 radical (unpaired) electrons. The number of aromatic nitrogens is 1. The highest BCUT2D eigenvalue weighted by Crippen LogP contribution is 2.45. The molecule has 3 heterocycles. The summed E-state index contributed by atoms with van der Waals surface area (Å²) in [6.45, 7) is 0.591. The Labute approximate surface area is 196 Å². The van der Waals surface area contributed by atoms with Gasteiger partial charge >= 0.3 is 0 Å². The van der Waals surface area contributed by atoms with Crippen LogP contribution in [0.2, 0.25) is 0 Å². The van der Waals surface area contributed by atoms with Crippen molar-refractivity contribution in [1.82, 2.24) is 4.57 Å². The van der Waals surface area contributed by atoms with Gasteiger partial charge in [-0.1, -0.05) is 36.4 Å². The molecule has 1 amide bonds. The van der Waals surface area contributed by atoms with Crippen molar-refractivity contribution in [2.24, 2.45) is 7.05 Å². The minimum atomic E-state index is -0.766. The van der Waals surface area contributed by atoms with E-state index < -0.39 is 17.7 Å². The van der Waals surface area contributed by atoms with E-state index in [1.54, 1.807) is 24.3 Å². The molecule has 168 valence electrons. The van der Waals surface area contributed by atoms with Crippen molar-refractivity contribution in [3.63, 3.8) is 0 Å². The average Bonchev–Trinajstić information content (AvgIpc) is 3.54. The lowest BCUT2D eigenvalue weighted by Gasteiger charge is -2.25. The highest BCUT2D eigenvalue weighted by molar-refractivity contribution is 6.51. The van der Waals surface area contributed by atoms with Crippen molar-refractivity contribution < 1.29 is 19.4 Å². The number of hydrogen-bond acceptors (Lipinski definition) is 4. The fourth-order valence-electron chi connectivity index (χ4n) is 5.06. The van der Waals surface area contributed by atoms with Crippen LogP contribution >= 0.6 is 0 Å². The van der Waals surface area contributed by atoms with Crippen LogP contribution in [0.1, 0.15) is 22.7 Å². The SMILES string of the molecule is Cn1cc(C2/C(=C(\O)c3ccc4c(c3)CCO4)C(=O)C(=O)N2c2ccccc2)c2ccccc21. The number of ether oxygens (including phenoxy) is 1. The molecule has 6 rings (SSSR count). The van der Waals surface area contributed by atoms with Gasteiger partial charge in [-0.05, 0) is 42.0 Å². The summed E-state index contributed by atoms with van der Waals surface area (Å²) in [6.07, 6.45) is 2.67. The van der Waals surface area contributed by atoms with Crippen LogP contribution in [0.3, 0.4) is 0 Å². The predicted molar refractivity (Wildman–Crippen MR) is 130 cm³/mol.